The van der Waals surface area contributed by atoms with Crippen LogP contribution in [-0.2, 0) is 35.2 Å². The molecule has 0 aliphatic carbocycles. The lowest BCUT2D eigenvalue weighted by molar-refractivity contribution is -0.125. The van der Waals surface area contributed by atoms with E-state index in [-0.39, 0.29) is 104 Å². The number of hydrogen-bond donors (Lipinski definition) is 6. The summed E-state index contributed by atoms with van der Waals surface area (Å²) in [5.74, 6) is -0.226. The van der Waals surface area contributed by atoms with Gasteiger partial charge in [0.05, 0.1) is 0 Å². The first-order chi connectivity index (χ1) is 24.7. The van der Waals surface area contributed by atoms with Crippen LogP contribution in [0.3, 0.4) is 0 Å². The van der Waals surface area contributed by atoms with Gasteiger partial charge in [0.1, 0.15) is 6.29 Å². The quantitative estimate of drug-likeness (QED) is 0.0786. The fraction of sp³-hybridized carbons (Fsp3) is 0.650. The van der Waals surface area contributed by atoms with E-state index >= 15 is 0 Å². The number of carbonyl (C=O) groups excluding carboxylic acids is 6. The number of amides is 5. The minimum atomic E-state index is -0.301. The molecule has 0 radical (unpaired) electrons. The number of fused-ring (bicyclic) bond motifs is 1. The number of aromatic nitrogens is 1. The first kappa shape index (κ1) is 43.9. The average Bonchev–Trinajstić information content (AvgIpc) is 3.49. The molecule has 12 heteroatoms. The molecule has 0 aliphatic rings. The first-order valence-corrected chi connectivity index (χ1v) is 19.2. The maximum absolute atomic E-state index is 13.2. The van der Waals surface area contributed by atoms with Crippen molar-refractivity contribution in [1.29, 1.82) is 0 Å². The van der Waals surface area contributed by atoms with Gasteiger partial charge in [0, 0.05) is 85.8 Å². The van der Waals surface area contributed by atoms with Gasteiger partial charge in [-0.25, -0.2) is 0 Å². The van der Waals surface area contributed by atoms with Crippen LogP contribution in [-0.4, -0.2) is 71.0 Å². The third-order valence-electron chi connectivity index (χ3n) is 9.46. The highest BCUT2D eigenvalue weighted by atomic mass is 16.2. The lowest BCUT2D eigenvalue weighted by atomic mass is 9.98. The van der Waals surface area contributed by atoms with Gasteiger partial charge in [-0.1, -0.05) is 52.8 Å². The van der Waals surface area contributed by atoms with Crippen LogP contribution in [0.5, 0.6) is 0 Å². The largest absolute Gasteiger partial charge is 0.361 e. The predicted molar refractivity (Wildman–Crippen MR) is 205 cm³/mol. The Morgan fingerprint density at radius 2 is 1.13 bits per heavy atom. The molecule has 5 atom stereocenters. The van der Waals surface area contributed by atoms with E-state index in [4.69, 9.17) is 0 Å². The van der Waals surface area contributed by atoms with Crippen LogP contribution in [0.25, 0.3) is 10.9 Å². The molecule has 0 aliphatic heterocycles. The van der Waals surface area contributed by atoms with E-state index in [9.17, 15) is 28.8 Å². The van der Waals surface area contributed by atoms with E-state index in [0.29, 0.717) is 38.5 Å². The highest BCUT2D eigenvalue weighted by molar-refractivity contribution is 5.83. The number of carbonyl (C=O) groups is 6. The second-order valence-electron chi connectivity index (χ2n) is 14.9. The minimum Gasteiger partial charge on any atom is -0.361 e. The fourth-order valence-corrected chi connectivity index (χ4v) is 6.18. The van der Waals surface area contributed by atoms with Crippen molar-refractivity contribution in [2.75, 3.05) is 0 Å². The second-order valence-corrected chi connectivity index (χ2v) is 14.9. The summed E-state index contributed by atoms with van der Waals surface area (Å²) in [6, 6.07) is 6.92. The molecule has 5 amide bonds. The number of hydrogen-bond acceptors (Lipinski definition) is 6. The molecular formula is C40H64N6O6. The molecule has 0 bridgehead atoms. The van der Waals surface area contributed by atoms with Gasteiger partial charge in [-0.15, -0.1) is 0 Å². The molecule has 52 heavy (non-hydrogen) atoms. The summed E-state index contributed by atoms with van der Waals surface area (Å²) < 4.78 is 0. The number of H-pyrrole nitrogens is 1. The maximum Gasteiger partial charge on any atom is 0.220 e. The summed E-state index contributed by atoms with van der Waals surface area (Å²) in [6.07, 6.45) is 7.60. The summed E-state index contributed by atoms with van der Waals surface area (Å²) in [5.41, 5.74) is 2.04. The lowest BCUT2D eigenvalue weighted by Gasteiger charge is -2.23. The highest BCUT2D eigenvalue weighted by Gasteiger charge is 2.21. The Bertz CT molecular complexity index is 1440. The zero-order valence-corrected chi connectivity index (χ0v) is 32.4. The van der Waals surface area contributed by atoms with Crippen LogP contribution in [0.15, 0.2) is 30.5 Å². The van der Waals surface area contributed by atoms with Crippen LogP contribution in [0.4, 0.5) is 0 Å². The van der Waals surface area contributed by atoms with Crippen molar-refractivity contribution in [1.82, 2.24) is 31.6 Å². The fourth-order valence-electron chi connectivity index (χ4n) is 6.18. The van der Waals surface area contributed by atoms with Crippen molar-refractivity contribution in [3.05, 3.63) is 36.0 Å². The molecule has 2 rings (SSSR count). The lowest BCUT2D eigenvalue weighted by Crippen LogP contribution is -2.41. The van der Waals surface area contributed by atoms with Gasteiger partial charge in [-0.3, -0.25) is 24.0 Å². The molecule has 1 aromatic carbocycles. The third-order valence-corrected chi connectivity index (χ3v) is 9.46. The molecule has 0 saturated carbocycles. The van der Waals surface area contributed by atoms with Crippen LogP contribution in [0.2, 0.25) is 0 Å². The minimum absolute atomic E-state index is 0.00379. The van der Waals surface area contributed by atoms with Crippen molar-refractivity contribution in [2.45, 2.75) is 156 Å². The van der Waals surface area contributed by atoms with Gasteiger partial charge in [-0.05, 0) is 75.8 Å². The topological polar surface area (TPSA) is 178 Å². The van der Waals surface area contributed by atoms with Crippen molar-refractivity contribution < 1.29 is 28.8 Å². The van der Waals surface area contributed by atoms with E-state index in [1.165, 1.54) is 0 Å². The number of benzene rings is 1. The molecule has 0 unspecified atom stereocenters. The molecule has 0 spiro atoms. The van der Waals surface area contributed by atoms with Crippen LogP contribution in [0.1, 0.15) is 125 Å². The van der Waals surface area contributed by atoms with E-state index in [1.807, 2.05) is 78.9 Å². The van der Waals surface area contributed by atoms with Gasteiger partial charge in [-0.2, -0.15) is 0 Å². The molecule has 1 heterocycles. The molecule has 6 N–H and O–H groups in total. The monoisotopic (exact) mass is 724 g/mol. The second kappa shape index (κ2) is 23.4. The average molecular weight is 725 g/mol. The Morgan fingerprint density at radius 1 is 0.635 bits per heavy atom. The van der Waals surface area contributed by atoms with Gasteiger partial charge in [0.15, 0.2) is 0 Å². The van der Waals surface area contributed by atoms with Crippen LogP contribution >= 0.6 is 0 Å². The van der Waals surface area contributed by atoms with Gasteiger partial charge < -0.3 is 36.4 Å². The van der Waals surface area contributed by atoms with Crippen molar-refractivity contribution in [3.63, 3.8) is 0 Å². The number of para-hydroxylation sites is 1. The van der Waals surface area contributed by atoms with Gasteiger partial charge in [0.25, 0.3) is 0 Å². The molecule has 12 nitrogen and oxygen atoms in total. The van der Waals surface area contributed by atoms with Crippen molar-refractivity contribution in [2.24, 2.45) is 11.8 Å². The smallest absolute Gasteiger partial charge is 0.220 e. The standard InChI is InChI=1S/C40H64N6O6/c1-8-11-36(48)45-33(26(2)3)17-21-38(50)43-28(6)14-18-39(51)44-31(24-30-25-41-35-13-10-9-12-32(30)35)16-20-37(49)42-29(7)15-19-40(52)46-34(22-23-47)27(4)5/h9-10,12-13,23,25-29,31,33-34,41H,8,11,14-22,24H2,1-7H3,(H,42,49)(H,43,50)(H,44,51)(H,45,48)(H,46,52)/t28-,29-,31+,33+,34+/m0/s1. The van der Waals surface area contributed by atoms with E-state index < -0.39 is 0 Å². The molecule has 0 saturated heterocycles. The van der Waals surface area contributed by atoms with Crippen molar-refractivity contribution in [3.8, 4) is 0 Å². The predicted octanol–water partition coefficient (Wildman–Crippen LogP) is 5.00. The number of aromatic amines is 1. The SMILES string of the molecule is CCCC(=O)N[C@H](CCC(=O)N[C@@H](C)CCC(=O)N[C@H](CCC(=O)N[C@@H](C)CCC(=O)N[C@H](CC=O)C(C)C)Cc1c[nH]c2ccccc12)C(C)C. The number of rotatable bonds is 25. The molecule has 290 valence electrons. The zero-order chi connectivity index (χ0) is 38.6. The van der Waals surface area contributed by atoms with Crippen LogP contribution < -0.4 is 26.6 Å². The Kier molecular flexibility index (Phi) is 19.7. The highest BCUT2D eigenvalue weighted by Crippen LogP contribution is 2.20. The third kappa shape index (κ3) is 16.9. The van der Waals surface area contributed by atoms with E-state index in [1.54, 1.807) is 0 Å². The summed E-state index contributed by atoms with van der Waals surface area (Å²) >= 11 is 0. The Hall–Kier alpha value is -4.22. The Balaban J connectivity index is 1.90. The van der Waals surface area contributed by atoms with Gasteiger partial charge in [0.2, 0.25) is 29.5 Å². The summed E-state index contributed by atoms with van der Waals surface area (Å²) in [6.45, 7) is 13.7. The van der Waals surface area contributed by atoms with Crippen LogP contribution in [0, 0.1) is 11.8 Å². The summed E-state index contributed by atoms with van der Waals surface area (Å²) in [5, 5.41) is 16.1. The number of aldehydes is 1. The zero-order valence-electron chi connectivity index (χ0n) is 32.4. The number of nitrogens with one attached hydrogen (secondary N) is 6. The van der Waals surface area contributed by atoms with Crippen molar-refractivity contribution >= 4 is 46.7 Å². The molecule has 1 aromatic heterocycles. The first-order valence-electron chi connectivity index (χ1n) is 19.2. The van der Waals surface area contributed by atoms with Gasteiger partial charge >= 0.3 is 0 Å². The molecular weight excluding hydrogens is 660 g/mol. The summed E-state index contributed by atoms with van der Waals surface area (Å²) in [7, 11) is 0. The van der Waals surface area contributed by atoms with E-state index in [0.717, 1.165) is 29.2 Å². The Morgan fingerprint density at radius 3 is 1.71 bits per heavy atom. The summed E-state index contributed by atoms with van der Waals surface area (Å²) in [4.78, 5) is 77.6. The molecule has 2 aromatic rings. The normalized spacial score (nSPS) is 14.2. The molecule has 0 fully saturated rings. The maximum atomic E-state index is 13.2. The van der Waals surface area contributed by atoms with E-state index in [2.05, 4.69) is 31.6 Å². The Labute approximate surface area is 310 Å².